The highest BCUT2D eigenvalue weighted by atomic mass is 35.5. The van der Waals surface area contributed by atoms with Crippen LogP contribution in [0, 0.1) is 5.82 Å². The molecule has 1 aliphatic rings. The lowest BCUT2D eigenvalue weighted by atomic mass is 9.74. The number of hydrogen-bond acceptors (Lipinski definition) is 5. The summed E-state index contributed by atoms with van der Waals surface area (Å²) in [4.78, 5) is 12.7. The van der Waals surface area contributed by atoms with Crippen molar-refractivity contribution in [2.75, 3.05) is 26.8 Å². The molecule has 1 aromatic heterocycles. The summed E-state index contributed by atoms with van der Waals surface area (Å²) in [6.45, 7) is 1.90. The fraction of sp³-hybridized carbons (Fsp3) is 0.364. The minimum Gasteiger partial charge on any atom is -0.467 e. The van der Waals surface area contributed by atoms with E-state index in [-0.39, 0.29) is 17.8 Å². The molecule has 1 aliphatic heterocycles. The first-order chi connectivity index (χ1) is 14.5. The summed E-state index contributed by atoms with van der Waals surface area (Å²) in [5, 5.41) is 11.6. The summed E-state index contributed by atoms with van der Waals surface area (Å²) in [6.07, 6.45) is 2.29. The summed E-state index contributed by atoms with van der Waals surface area (Å²) in [6, 6.07) is 9.97. The van der Waals surface area contributed by atoms with Gasteiger partial charge in [0.1, 0.15) is 5.82 Å². The lowest BCUT2D eigenvalue weighted by Crippen LogP contribution is -2.43. The second-order valence-electron chi connectivity index (χ2n) is 7.58. The first kappa shape index (κ1) is 20.8. The average Bonchev–Trinajstić information content (AvgIpc) is 3.23. The van der Waals surface area contributed by atoms with Gasteiger partial charge in [0.25, 0.3) is 0 Å². The van der Waals surface area contributed by atoms with Gasteiger partial charge in [-0.1, -0.05) is 23.7 Å². The molecular formula is C22H23ClFN3O3. The molecule has 2 aromatic carbocycles. The molecule has 4 rings (SSSR count). The summed E-state index contributed by atoms with van der Waals surface area (Å²) >= 11 is 6.27. The first-order valence-electron chi connectivity index (χ1n) is 9.81. The molecule has 0 radical (unpaired) electrons. The SMILES string of the molecule is COC(=O)C(OCC1(c2ccc(F)cc2)CCNCC1)c1cc(Cl)cc2cn[nH]c12. The highest BCUT2D eigenvalue weighted by Crippen LogP contribution is 2.37. The second-order valence-corrected chi connectivity index (χ2v) is 8.02. The molecule has 3 aromatic rings. The minimum absolute atomic E-state index is 0.280. The third-order valence-electron chi connectivity index (χ3n) is 5.79. The van der Waals surface area contributed by atoms with E-state index in [9.17, 15) is 9.18 Å². The molecule has 158 valence electrons. The third-order valence-corrected chi connectivity index (χ3v) is 6.00. The topological polar surface area (TPSA) is 76.2 Å². The third kappa shape index (κ3) is 4.05. The van der Waals surface area contributed by atoms with Crippen molar-refractivity contribution in [3.05, 3.63) is 64.6 Å². The van der Waals surface area contributed by atoms with Crippen LogP contribution in [-0.4, -0.2) is 43.0 Å². The Kier molecular flexibility index (Phi) is 6.04. The van der Waals surface area contributed by atoms with Crippen LogP contribution in [0.4, 0.5) is 4.39 Å². The van der Waals surface area contributed by atoms with Crippen LogP contribution in [0.3, 0.4) is 0 Å². The average molecular weight is 432 g/mol. The zero-order valence-corrected chi connectivity index (χ0v) is 17.3. The van der Waals surface area contributed by atoms with Gasteiger partial charge in [-0.15, -0.1) is 0 Å². The van der Waals surface area contributed by atoms with Gasteiger partial charge in [-0.25, -0.2) is 9.18 Å². The van der Waals surface area contributed by atoms with Crippen molar-refractivity contribution in [2.24, 2.45) is 0 Å². The molecule has 0 saturated carbocycles. The Morgan fingerprint density at radius 1 is 1.27 bits per heavy atom. The lowest BCUT2D eigenvalue weighted by molar-refractivity contribution is -0.156. The van der Waals surface area contributed by atoms with Crippen molar-refractivity contribution < 1.29 is 18.7 Å². The van der Waals surface area contributed by atoms with Crippen molar-refractivity contribution in [2.45, 2.75) is 24.4 Å². The molecule has 1 unspecified atom stereocenters. The van der Waals surface area contributed by atoms with E-state index in [0.717, 1.165) is 36.9 Å². The standard InChI is InChI=1S/C22H23ClFN3O3/c1-29-21(28)20(18-11-16(23)10-14-12-26-27-19(14)18)30-13-22(6-8-25-9-7-22)15-2-4-17(24)5-3-15/h2-5,10-12,20,25H,6-9,13H2,1H3,(H,26,27). The van der Waals surface area contributed by atoms with Crippen molar-refractivity contribution >= 4 is 28.5 Å². The first-order valence-corrected chi connectivity index (χ1v) is 10.2. The maximum absolute atomic E-state index is 13.5. The normalized spacial score (nSPS) is 17.0. The molecule has 30 heavy (non-hydrogen) atoms. The number of rotatable bonds is 6. The molecule has 1 atom stereocenters. The molecule has 0 bridgehead atoms. The van der Waals surface area contributed by atoms with Crippen molar-refractivity contribution in [3.8, 4) is 0 Å². The highest BCUT2D eigenvalue weighted by molar-refractivity contribution is 6.31. The summed E-state index contributed by atoms with van der Waals surface area (Å²) in [5.41, 5.74) is 1.91. The number of carbonyl (C=O) groups excluding carboxylic acids is 1. The summed E-state index contributed by atoms with van der Waals surface area (Å²) < 4.78 is 24.8. The van der Waals surface area contributed by atoms with Crippen LogP contribution in [0.1, 0.15) is 30.1 Å². The molecule has 2 heterocycles. The van der Waals surface area contributed by atoms with E-state index in [1.54, 1.807) is 30.5 Å². The fourth-order valence-electron chi connectivity index (χ4n) is 4.11. The number of halogens is 2. The second kappa shape index (κ2) is 8.71. The number of esters is 1. The van der Waals surface area contributed by atoms with E-state index < -0.39 is 12.1 Å². The molecular weight excluding hydrogens is 409 g/mol. The number of aromatic nitrogens is 2. The Morgan fingerprint density at radius 3 is 2.70 bits per heavy atom. The summed E-state index contributed by atoms with van der Waals surface area (Å²) in [5.74, 6) is -0.798. The Labute approximate surface area is 178 Å². The number of carbonyl (C=O) groups is 1. The van der Waals surface area contributed by atoms with E-state index >= 15 is 0 Å². The molecule has 0 amide bonds. The number of benzene rings is 2. The van der Waals surface area contributed by atoms with Crippen LogP contribution in [0.5, 0.6) is 0 Å². The van der Waals surface area contributed by atoms with Gasteiger partial charge in [0.2, 0.25) is 0 Å². The van der Waals surface area contributed by atoms with Gasteiger partial charge < -0.3 is 14.8 Å². The fourth-order valence-corrected chi connectivity index (χ4v) is 4.35. The number of H-pyrrole nitrogens is 1. The van der Waals surface area contributed by atoms with Crippen molar-refractivity contribution in [1.29, 1.82) is 0 Å². The minimum atomic E-state index is -0.969. The van der Waals surface area contributed by atoms with Gasteiger partial charge >= 0.3 is 5.97 Å². The van der Waals surface area contributed by atoms with Crippen LogP contribution >= 0.6 is 11.6 Å². The van der Waals surface area contributed by atoms with Crippen LogP contribution < -0.4 is 5.32 Å². The van der Waals surface area contributed by atoms with Gasteiger partial charge in [0, 0.05) is 21.4 Å². The Balaban J connectivity index is 1.68. The number of hydrogen-bond donors (Lipinski definition) is 2. The van der Waals surface area contributed by atoms with E-state index in [4.69, 9.17) is 21.1 Å². The summed E-state index contributed by atoms with van der Waals surface area (Å²) in [7, 11) is 1.33. The van der Waals surface area contributed by atoms with Crippen molar-refractivity contribution in [3.63, 3.8) is 0 Å². The van der Waals surface area contributed by atoms with Crippen molar-refractivity contribution in [1.82, 2.24) is 15.5 Å². The maximum Gasteiger partial charge on any atom is 0.339 e. The van der Waals surface area contributed by atoms with Gasteiger partial charge in [-0.3, -0.25) is 5.10 Å². The largest absolute Gasteiger partial charge is 0.467 e. The van der Waals surface area contributed by atoms with E-state index in [1.807, 2.05) is 0 Å². The predicted octanol–water partition coefficient (Wildman–Crippen LogP) is 3.91. The smallest absolute Gasteiger partial charge is 0.339 e. The van der Waals surface area contributed by atoms with E-state index in [2.05, 4.69) is 15.5 Å². The molecule has 0 aliphatic carbocycles. The van der Waals surface area contributed by atoms with E-state index in [0.29, 0.717) is 16.1 Å². The monoisotopic (exact) mass is 431 g/mol. The number of nitrogens with one attached hydrogen (secondary N) is 2. The van der Waals surface area contributed by atoms with Crippen LogP contribution in [0.15, 0.2) is 42.6 Å². The van der Waals surface area contributed by atoms with Gasteiger partial charge in [-0.05, 0) is 55.8 Å². The molecule has 1 fully saturated rings. The van der Waals surface area contributed by atoms with Gasteiger partial charge in [0.15, 0.2) is 6.10 Å². The van der Waals surface area contributed by atoms with Crippen LogP contribution in [0.25, 0.3) is 10.9 Å². The quantitative estimate of drug-likeness (QED) is 0.579. The number of nitrogens with zero attached hydrogens (tertiary/aromatic N) is 1. The predicted molar refractivity (Wildman–Crippen MR) is 112 cm³/mol. The molecule has 2 N–H and O–H groups in total. The number of methoxy groups -OCH3 is 1. The maximum atomic E-state index is 13.5. The number of ether oxygens (including phenoxy) is 2. The lowest BCUT2D eigenvalue weighted by Gasteiger charge is -2.38. The number of fused-ring (bicyclic) bond motifs is 1. The molecule has 6 nitrogen and oxygen atoms in total. The Morgan fingerprint density at radius 2 is 2.00 bits per heavy atom. The van der Waals surface area contributed by atoms with Gasteiger partial charge in [0.05, 0.1) is 25.4 Å². The highest BCUT2D eigenvalue weighted by Gasteiger charge is 2.37. The molecule has 1 saturated heterocycles. The van der Waals surface area contributed by atoms with Crippen LogP contribution in [0.2, 0.25) is 5.02 Å². The van der Waals surface area contributed by atoms with Crippen LogP contribution in [-0.2, 0) is 19.7 Å². The molecule has 8 heteroatoms. The Bertz CT molecular complexity index is 1030. The zero-order valence-electron chi connectivity index (χ0n) is 16.6. The number of piperidine rings is 1. The number of aromatic amines is 1. The van der Waals surface area contributed by atoms with Gasteiger partial charge in [-0.2, -0.15) is 5.10 Å². The molecule has 0 spiro atoms. The van der Waals surface area contributed by atoms with E-state index in [1.165, 1.54) is 19.2 Å². The Hall–Kier alpha value is -2.48. The zero-order chi connectivity index (χ0) is 21.1.